The van der Waals surface area contributed by atoms with E-state index in [-0.39, 0.29) is 0 Å². The maximum atomic E-state index is 8.25. The molecule has 4 nitrogen and oxygen atoms in total. The minimum Gasteiger partial charge on any atom is -0.356 e. The Balaban J connectivity index is 0.000000364. The lowest BCUT2D eigenvalue weighted by Gasteiger charge is -1.88. The zero-order chi connectivity index (χ0) is 11.0. The third-order valence-electron chi connectivity index (χ3n) is 1.79. The van der Waals surface area contributed by atoms with Crippen LogP contribution in [0.1, 0.15) is 33.1 Å². The molecule has 0 saturated carbocycles. The van der Waals surface area contributed by atoms with Crippen molar-refractivity contribution in [1.29, 1.82) is 0 Å². The normalized spacial score (nSPS) is 13.3. The molecule has 0 heterocycles. The van der Waals surface area contributed by atoms with E-state index in [2.05, 4.69) is 32.1 Å². The molecule has 0 radical (unpaired) electrons. The standard InChI is InChI=1S/C10H15.NO3/c1-3-4-5-10-7-6-9(2)8-10;2-1(3)4/h6-8H,3-5H2,1-2H3;/q+1;-1. The van der Waals surface area contributed by atoms with Gasteiger partial charge in [-0.05, 0) is 6.42 Å². The topological polar surface area (TPSA) is 66.2 Å². The summed E-state index contributed by atoms with van der Waals surface area (Å²) in [5, 5.41) is 14.8. The van der Waals surface area contributed by atoms with Gasteiger partial charge in [0.1, 0.15) is 0 Å². The molecule has 0 aliphatic heterocycles. The van der Waals surface area contributed by atoms with E-state index in [1.54, 1.807) is 0 Å². The van der Waals surface area contributed by atoms with Crippen LogP contribution in [0.2, 0.25) is 0 Å². The van der Waals surface area contributed by atoms with Gasteiger partial charge in [0, 0.05) is 13.3 Å². The van der Waals surface area contributed by atoms with Gasteiger partial charge in [-0.2, -0.15) is 0 Å². The van der Waals surface area contributed by atoms with Crippen molar-refractivity contribution >= 4 is 0 Å². The van der Waals surface area contributed by atoms with Crippen molar-refractivity contribution in [3.8, 4) is 0 Å². The summed E-state index contributed by atoms with van der Waals surface area (Å²) in [7, 11) is 0. The Morgan fingerprint density at radius 3 is 2.43 bits per heavy atom. The van der Waals surface area contributed by atoms with Crippen LogP contribution in [0.4, 0.5) is 0 Å². The summed E-state index contributed by atoms with van der Waals surface area (Å²) in [5.74, 6) is 1.39. The molecule has 0 fully saturated rings. The predicted molar refractivity (Wildman–Crippen MR) is 56.0 cm³/mol. The number of hydrogen-bond donors (Lipinski definition) is 0. The van der Waals surface area contributed by atoms with Crippen molar-refractivity contribution in [2.75, 3.05) is 0 Å². The first-order chi connectivity index (χ1) is 6.56. The Hall–Kier alpha value is -1.45. The van der Waals surface area contributed by atoms with E-state index in [1.165, 1.54) is 30.8 Å². The monoisotopic (exact) mass is 197 g/mol. The van der Waals surface area contributed by atoms with E-state index in [0.29, 0.717) is 0 Å². The summed E-state index contributed by atoms with van der Waals surface area (Å²) in [6.07, 6.45) is 10.6. The summed E-state index contributed by atoms with van der Waals surface area (Å²) < 4.78 is 0. The quantitative estimate of drug-likeness (QED) is 0.396. The molecule has 4 heteroatoms. The molecular weight excluding hydrogens is 182 g/mol. The smallest absolute Gasteiger partial charge is 0.0934 e. The number of hydrogen-bond acceptors (Lipinski definition) is 3. The molecule has 0 unspecified atom stereocenters. The summed E-state index contributed by atoms with van der Waals surface area (Å²) in [6, 6.07) is 0. The minimum absolute atomic E-state index is 1.25. The molecule has 0 atom stereocenters. The molecule has 14 heavy (non-hydrogen) atoms. The van der Waals surface area contributed by atoms with Crippen LogP contribution in [-0.4, -0.2) is 5.09 Å². The molecule has 0 amide bonds. The highest BCUT2D eigenvalue weighted by atomic mass is 16.9. The summed E-state index contributed by atoms with van der Waals surface area (Å²) in [6.45, 7) is 4.38. The summed E-state index contributed by atoms with van der Waals surface area (Å²) in [4.78, 5) is 8.25. The van der Waals surface area contributed by atoms with Gasteiger partial charge in [0.25, 0.3) is 0 Å². The zero-order valence-corrected chi connectivity index (χ0v) is 8.53. The number of rotatable bonds is 3. The third-order valence-corrected chi connectivity index (χ3v) is 1.79. The van der Waals surface area contributed by atoms with E-state index >= 15 is 0 Å². The second-order valence-corrected chi connectivity index (χ2v) is 3.12. The molecule has 1 rings (SSSR count). The molecule has 0 spiro atoms. The van der Waals surface area contributed by atoms with Crippen LogP contribution in [0.25, 0.3) is 0 Å². The van der Waals surface area contributed by atoms with Gasteiger partial charge in [-0.1, -0.05) is 13.3 Å². The van der Waals surface area contributed by atoms with Gasteiger partial charge in [-0.3, -0.25) is 0 Å². The third kappa shape index (κ3) is 7.21. The van der Waals surface area contributed by atoms with Gasteiger partial charge in [0.15, 0.2) is 0 Å². The van der Waals surface area contributed by atoms with Crippen LogP contribution >= 0.6 is 0 Å². The maximum absolute atomic E-state index is 8.25. The molecule has 0 aromatic heterocycles. The van der Waals surface area contributed by atoms with Crippen molar-refractivity contribution in [3.05, 3.63) is 45.0 Å². The highest BCUT2D eigenvalue weighted by Crippen LogP contribution is 2.20. The largest absolute Gasteiger partial charge is 0.356 e. The van der Waals surface area contributed by atoms with Gasteiger partial charge in [0.2, 0.25) is 0 Å². The van der Waals surface area contributed by atoms with Crippen LogP contribution in [0.15, 0.2) is 23.8 Å². The van der Waals surface area contributed by atoms with Crippen molar-refractivity contribution in [3.63, 3.8) is 0 Å². The molecule has 0 saturated heterocycles. The van der Waals surface area contributed by atoms with E-state index in [4.69, 9.17) is 15.3 Å². The Morgan fingerprint density at radius 2 is 2.07 bits per heavy atom. The van der Waals surface area contributed by atoms with Crippen LogP contribution in [0.3, 0.4) is 0 Å². The van der Waals surface area contributed by atoms with Crippen LogP contribution in [0.5, 0.6) is 0 Å². The molecular formula is C10H15NO3. The van der Waals surface area contributed by atoms with E-state index in [0.717, 1.165) is 0 Å². The van der Waals surface area contributed by atoms with Gasteiger partial charge in [-0.25, -0.2) is 0 Å². The Kier molecular flexibility index (Phi) is 6.28. The molecule has 1 aliphatic carbocycles. The second-order valence-electron chi connectivity index (χ2n) is 3.12. The fourth-order valence-electron chi connectivity index (χ4n) is 1.16. The molecule has 0 aromatic carbocycles. The van der Waals surface area contributed by atoms with Crippen LogP contribution in [0, 0.1) is 21.2 Å². The lowest BCUT2D eigenvalue weighted by atomic mass is 10.1. The highest BCUT2D eigenvalue weighted by Gasteiger charge is 2.12. The van der Waals surface area contributed by atoms with Crippen LogP contribution in [-0.2, 0) is 0 Å². The highest BCUT2D eigenvalue weighted by molar-refractivity contribution is 5.39. The van der Waals surface area contributed by atoms with Crippen molar-refractivity contribution in [2.24, 2.45) is 0 Å². The average Bonchev–Trinajstić information content (AvgIpc) is 2.47. The summed E-state index contributed by atoms with van der Waals surface area (Å²) in [5.41, 5.74) is 1.50. The molecule has 78 valence electrons. The summed E-state index contributed by atoms with van der Waals surface area (Å²) >= 11 is 0. The number of allylic oxidation sites excluding steroid dienone is 4. The number of unbranched alkanes of at least 4 members (excludes halogenated alkanes) is 1. The first-order valence-electron chi connectivity index (χ1n) is 4.60. The average molecular weight is 197 g/mol. The van der Waals surface area contributed by atoms with Crippen molar-refractivity contribution < 1.29 is 5.09 Å². The number of nitrogens with zero attached hydrogens (tertiary/aromatic N) is 1. The molecule has 0 bridgehead atoms. The first kappa shape index (κ1) is 12.6. The Bertz CT molecular complexity index is 230. The SMILES string of the molecule is CCCCC1=C[C+](C)C=C1.O=[N+]([O-])[O-]. The lowest BCUT2D eigenvalue weighted by Crippen LogP contribution is -1.76. The van der Waals surface area contributed by atoms with E-state index in [1.807, 2.05) is 0 Å². The zero-order valence-electron chi connectivity index (χ0n) is 8.53. The predicted octanol–water partition coefficient (Wildman–Crippen LogP) is 3.03. The molecule has 0 N–H and O–H groups in total. The molecule has 0 aromatic rings. The minimum atomic E-state index is -1.75. The lowest BCUT2D eigenvalue weighted by molar-refractivity contribution is -0.402. The second kappa shape index (κ2) is 7.00. The van der Waals surface area contributed by atoms with Crippen molar-refractivity contribution in [1.82, 2.24) is 0 Å². The van der Waals surface area contributed by atoms with Crippen LogP contribution < -0.4 is 0 Å². The maximum Gasteiger partial charge on any atom is 0.0934 e. The van der Waals surface area contributed by atoms with Gasteiger partial charge < -0.3 is 15.3 Å². The van der Waals surface area contributed by atoms with Crippen molar-refractivity contribution in [2.45, 2.75) is 33.1 Å². The van der Waals surface area contributed by atoms with Gasteiger partial charge in [-0.15, -0.1) is 0 Å². The van der Waals surface area contributed by atoms with E-state index < -0.39 is 5.09 Å². The fourth-order valence-corrected chi connectivity index (χ4v) is 1.16. The molecule has 1 aliphatic rings. The van der Waals surface area contributed by atoms with E-state index in [9.17, 15) is 0 Å². The van der Waals surface area contributed by atoms with Gasteiger partial charge in [0.05, 0.1) is 34.8 Å². The Labute approximate surface area is 84.0 Å². The first-order valence-corrected chi connectivity index (χ1v) is 4.60. The Morgan fingerprint density at radius 1 is 1.50 bits per heavy atom. The van der Waals surface area contributed by atoms with Gasteiger partial charge >= 0.3 is 0 Å². The fraction of sp³-hybridized carbons (Fsp3) is 0.500.